The molecule has 0 fully saturated rings. The van der Waals surface area contributed by atoms with Crippen molar-refractivity contribution in [3.63, 3.8) is 0 Å². The molecule has 2 aromatic carbocycles. The number of hydrogen-bond acceptors (Lipinski definition) is 4. The van der Waals surface area contributed by atoms with Crippen molar-refractivity contribution in [2.75, 3.05) is 11.9 Å². The number of aromatic nitrogens is 1. The number of pyridine rings is 1. The number of nitrogens with zero attached hydrogens (tertiary/aromatic N) is 1. The molecule has 1 aromatic heterocycles. The van der Waals surface area contributed by atoms with Gasteiger partial charge in [-0.15, -0.1) is 6.58 Å². The van der Waals surface area contributed by atoms with E-state index in [1.54, 1.807) is 6.20 Å². The zero-order valence-corrected chi connectivity index (χ0v) is 14.7. The Hall–Kier alpha value is -3.03. The fraction of sp³-hybridized carbons (Fsp3) is 0.0526. The average molecular weight is 367 g/mol. The summed E-state index contributed by atoms with van der Waals surface area (Å²) >= 11 is 0. The van der Waals surface area contributed by atoms with Gasteiger partial charge in [-0.2, -0.15) is 0 Å². The van der Waals surface area contributed by atoms with Crippen molar-refractivity contribution in [3.8, 4) is 0 Å². The van der Waals surface area contributed by atoms with Crippen molar-refractivity contribution in [2.45, 2.75) is 4.90 Å². The molecule has 0 unspecified atom stereocenters. The standard InChI is InChI=1S/C19H17N3O3S/c1-2-11-21-26(24,25)17-9-7-14(8-10-17)19(23)22-16-12-15-5-3-4-6-18(15)20-13-16/h2-10,12-13,21H,1,11H2,(H,22,23). The molecule has 0 bridgehead atoms. The van der Waals surface area contributed by atoms with Crippen molar-refractivity contribution < 1.29 is 13.2 Å². The SMILES string of the molecule is C=CCNS(=O)(=O)c1ccc(C(=O)Nc2cnc3ccccc3c2)cc1. The number of para-hydroxylation sites is 1. The van der Waals surface area contributed by atoms with Crippen molar-refractivity contribution >= 4 is 32.5 Å². The van der Waals surface area contributed by atoms with Crippen LogP contribution in [0.15, 0.2) is 78.3 Å². The zero-order chi connectivity index (χ0) is 18.6. The van der Waals surface area contributed by atoms with Crippen LogP contribution in [-0.2, 0) is 10.0 Å². The number of hydrogen-bond donors (Lipinski definition) is 2. The number of nitrogens with one attached hydrogen (secondary N) is 2. The first-order chi connectivity index (χ1) is 12.5. The molecular formula is C19H17N3O3S. The summed E-state index contributed by atoms with van der Waals surface area (Å²) in [6, 6.07) is 15.1. The Morgan fingerprint density at radius 2 is 1.85 bits per heavy atom. The maximum absolute atomic E-state index is 12.4. The van der Waals surface area contributed by atoms with E-state index in [-0.39, 0.29) is 17.3 Å². The molecule has 132 valence electrons. The monoisotopic (exact) mass is 367 g/mol. The lowest BCUT2D eigenvalue weighted by molar-refractivity contribution is 0.102. The number of carbonyl (C=O) groups is 1. The van der Waals surface area contributed by atoms with Crippen LogP contribution in [0, 0.1) is 0 Å². The number of sulfonamides is 1. The summed E-state index contributed by atoms with van der Waals surface area (Å²) in [6.45, 7) is 3.61. The van der Waals surface area contributed by atoms with Crippen LogP contribution in [0.2, 0.25) is 0 Å². The van der Waals surface area contributed by atoms with Gasteiger partial charge in [-0.25, -0.2) is 13.1 Å². The van der Waals surface area contributed by atoms with Crippen LogP contribution in [0.4, 0.5) is 5.69 Å². The lowest BCUT2D eigenvalue weighted by atomic mass is 10.2. The second-order valence-corrected chi connectivity index (χ2v) is 7.30. The highest BCUT2D eigenvalue weighted by Gasteiger charge is 2.14. The van der Waals surface area contributed by atoms with E-state index in [0.717, 1.165) is 10.9 Å². The largest absolute Gasteiger partial charge is 0.321 e. The Bertz CT molecular complexity index is 1060. The molecule has 0 saturated heterocycles. The Morgan fingerprint density at radius 3 is 2.58 bits per heavy atom. The van der Waals surface area contributed by atoms with E-state index in [2.05, 4.69) is 21.6 Å². The molecule has 0 aliphatic carbocycles. The molecule has 0 aliphatic rings. The lowest BCUT2D eigenvalue weighted by Gasteiger charge is -2.08. The molecule has 0 aliphatic heterocycles. The first-order valence-corrected chi connectivity index (χ1v) is 9.35. The quantitative estimate of drug-likeness (QED) is 0.656. The van der Waals surface area contributed by atoms with E-state index < -0.39 is 10.0 Å². The molecule has 0 spiro atoms. The Balaban J connectivity index is 1.76. The molecule has 1 amide bonds. The minimum atomic E-state index is -3.61. The van der Waals surface area contributed by atoms with E-state index in [9.17, 15) is 13.2 Å². The van der Waals surface area contributed by atoms with Crippen LogP contribution in [0.5, 0.6) is 0 Å². The predicted octanol–water partition coefficient (Wildman–Crippen LogP) is 2.95. The average Bonchev–Trinajstić information content (AvgIpc) is 2.66. The summed E-state index contributed by atoms with van der Waals surface area (Å²) in [5.74, 6) is -0.343. The molecular weight excluding hydrogens is 350 g/mol. The molecule has 3 aromatic rings. The van der Waals surface area contributed by atoms with Crippen LogP contribution in [0.25, 0.3) is 10.9 Å². The highest BCUT2D eigenvalue weighted by molar-refractivity contribution is 7.89. The molecule has 6 nitrogen and oxygen atoms in total. The number of carbonyl (C=O) groups excluding carboxylic acids is 1. The Labute approximate surface area is 151 Å². The highest BCUT2D eigenvalue weighted by atomic mass is 32.2. The van der Waals surface area contributed by atoms with E-state index in [4.69, 9.17) is 0 Å². The van der Waals surface area contributed by atoms with Crippen LogP contribution < -0.4 is 10.0 Å². The molecule has 0 atom stereocenters. The van der Waals surface area contributed by atoms with Crippen LogP contribution >= 0.6 is 0 Å². The van der Waals surface area contributed by atoms with Crippen molar-refractivity contribution in [1.29, 1.82) is 0 Å². The summed E-state index contributed by atoms with van der Waals surface area (Å²) in [5.41, 5.74) is 1.76. The fourth-order valence-electron chi connectivity index (χ4n) is 2.38. The highest BCUT2D eigenvalue weighted by Crippen LogP contribution is 2.17. The Kier molecular flexibility index (Phi) is 5.11. The van der Waals surface area contributed by atoms with Crippen LogP contribution in [0.1, 0.15) is 10.4 Å². The number of fused-ring (bicyclic) bond motifs is 1. The van der Waals surface area contributed by atoms with Gasteiger partial charge in [0.25, 0.3) is 5.91 Å². The van der Waals surface area contributed by atoms with Gasteiger partial charge in [0.1, 0.15) is 0 Å². The molecule has 0 saturated carbocycles. The minimum absolute atomic E-state index is 0.0864. The first kappa shape index (κ1) is 17.8. The van der Waals surface area contributed by atoms with E-state index >= 15 is 0 Å². The molecule has 3 rings (SSSR count). The van der Waals surface area contributed by atoms with Crippen molar-refractivity contribution in [2.24, 2.45) is 0 Å². The van der Waals surface area contributed by atoms with Gasteiger partial charge in [0.15, 0.2) is 0 Å². The fourth-order valence-corrected chi connectivity index (χ4v) is 3.38. The maximum Gasteiger partial charge on any atom is 0.255 e. The summed E-state index contributed by atoms with van der Waals surface area (Å²) < 4.78 is 26.4. The maximum atomic E-state index is 12.4. The van der Waals surface area contributed by atoms with Gasteiger partial charge in [-0.1, -0.05) is 24.3 Å². The summed E-state index contributed by atoms with van der Waals surface area (Å²) in [7, 11) is -3.61. The van der Waals surface area contributed by atoms with Gasteiger partial charge in [0.05, 0.1) is 22.3 Å². The zero-order valence-electron chi connectivity index (χ0n) is 13.8. The van der Waals surface area contributed by atoms with Gasteiger partial charge < -0.3 is 5.32 Å². The number of benzene rings is 2. The summed E-state index contributed by atoms with van der Waals surface area (Å²) in [6.07, 6.45) is 3.04. The molecule has 2 N–H and O–H groups in total. The predicted molar refractivity (Wildman–Crippen MR) is 102 cm³/mol. The summed E-state index contributed by atoms with van der Waals surface area (Å²) in [5, 5.41) is 3.68. The minimum Gasteiger partial charge on any atom is -0.321 e. The van der Waals surface area contributed by atoms with Gasteiger partial charge in [0.2, 0.25) is 10.0 Å². The number of anilines is 1. The molecule has 0 radical (unpaired) electrons. The van der Waals surface area contributed by atoms with E-state index in [0.29, 0.717) is 11.3 Å². The number of rotatable bonds is 6. The van der Waals surface area contributed by atoms with Crippen molar-refractivity contribution in [1.82, 2.24) is 9.71 Å². The number of amides is 1. The second-order valence-electron chi connectivity index (χ2n) is 5.54. The van der Waals surface area contributed by atoms with Gasteiger partial charge in [-0.3, -0.25) is 9.78 Å². The summed E-state index contributed by atoms with van der Waals surface area (Å²) in [4.78, 5) is 16.7. The third kappa shape index (κ3) is 3.96. The van der Waals surface area contributed by atoms with Crippen molar-refractivity contribution in [3.05, 3.63) is 79.0 Å². The Morgan fingerprint density at radius 1 is 1.12 bits per heavy atom. The second kappa shape index (κ2) is 7.47. The third-order valence-electron chi connectivity index (χ3n) is 3.69. The van der Waals surface area contributed by atoms with Crippen LogP contribution in [0.3, 0.4) is 0 Å². The topological polar surface area (TPSA) is 88.2 Å². The van der Waals surface area contributed by atoms with Gasteiger partial charge >= 0.3 is 0 Å². The third-order valence-corrected chi connectivity index (χ3v) is 5.13. The smallest absolute Gasteiger partial charge is 0.255 e. The first-order valence-electron chi connectivity index (χ1n) is 7.86. The normalized spacial score (nSPS) is 11.2. The molecule has 26 heavy (non-hydrogen) atoms. The lowest BCUT2D eigenvalue weighted by Crippen LogP contribution is -2.23. The van der Waals surface area contributed by atoms with E-state index in [1.165, 1.54) is 30.3 Å². The van der Waals surface area contributed by atoms with Gasteiger partial charge in [0, 0.05) is 17.5 Å². The van der Waals surface area contributed by atoms with E-state index in [1.807, 2.05) is 30.3 Å². The molecule has 7 heteroatoms. The van der Waals surface area contributed by atoms with Gasteiger partial charge in [-0.05, 0) is 36.4 Å². The molecule has 1 heterocycles. The van der Waals surface area contributed by atoms with Crippen LogP contribution in [-0.4, -0.2) is 25.9 Å².